The molecule has 0 aromatic carbocycles. The molecule has 1 aliphatic heterocycles. The molecule has 0 aromatic rings. The summed E-state index contributed by atoms with van der Waals surface area (Å²) in [7, 11) is 3.54. The molecule has 0 aromatic heterocycles. The molecule has 102 valence electrons. The highest BCUT2D eigenvalue weighted by molar-refractivity contribution is 5.76. The van der Waals surface area contributed by atoms with Crippen LogP contribution in [0.2, 0.25) is 0 Å². The highest BCUT2D eigenvalue weighted by Gasteiger charge is 2.51. The summed E-state index contributed by atoms with van der Waals surface area (Å²) in [6.07, 6.45) is 4.31. The van der Waals surface area contributed by atoms with Gasteiger partial charge in [-0.15, -0.1) is 0 Å². The Morgan fingerprint density at radius 1 is 1.39 bits per heavy atom. The lowest BCUT2D eigenvalue weighted by Gasteiger charge is -2.48. The number of amides is 2. The van der Waals surface area contributed by atoms with Crippen LogP contribution in [-0.4, -0.2) is 48.7 Å². The molecule has 1 aliphatic carbocycles. The van der Waals surface area contributed by atoms with Crippen LogP contribution in [0.5, 0.6) is 0 Å². The lowest BCUT2D eigenvalue weighted by Crippen LogP contribution is -2.62. The second-order valence-corrected chi connectivity index (χ2v) is 5.51. The van der Waals surface area contributed by atoms with Gasteiger partial charge in [0.2, 0.25) is 0 Å². The first kappa shape index (κ1) is 13.2. The van der Waals surface area contributed by atoms with Crippen LogP contribution < -0.4 is 0 Å². The van der Waals surface area contributed by atoms with Gasteiger partial charge in [-0.05, 0) is 12.8 Å². The first-order valence-electron chi connectivity index (χ1n) is 6.67. The van der Waals surface area contributed by atoms with Crippen LogP contribution in [0, 0.1) is 5.41 Å². The van der Waals surface area contributed by atoms with Gasteiger partial charge in [-0.1, -0.05) is 19.8 Å². The number of esters is 1. The van der Waals surface area contributed by atoms with E-state index in [2.05, 4.69) is 0 Å². The van der Waals surface area contributed by atoms with Crippen molar-refractivity contribution >= 4 is 12.0 Å². The molecule has 1 unspecified atom stereocenters. The van der Waals surface area contributed by atoms with E-state index in [0.717, 1.165) is 25.7 Å². The number of urea groups is 1. The number of hydrogen-bond acceptors (Lipinski definition) is 3. The van der Waals surface area contributed by atoms with Gasteiger partial charge >= 0.3 is 12.0 Å². The molecule has 2 aliphatic rings. The van der Waals surface area contributed by atoms with E-state index < -0.39 is 6.23 Å². The molecule has 1 saturated carbocycles. The van der Waals surface area contributed by atoms with Crippen LogP contribution in [-0.2, 0) is 9.53 Å². The van der Waals surface area contributed by atoms with E-state index in [1.165, 1.54) is 0 Å². The highest BCUT2D eigenvalue weighted by atomic mass is 16.6. The quantitative estimate of drug-likeness (QED) is 0.706. The third-order valence-corrected chi connectivity index (χ3v) is 4.19. The largest absolute Gasteiger partial charge is 0.441 e. The Morgan fingerprint density at radius 2 is 2.00 bits per heavy atom. The van der Waals surface area contributed by atoms with Gasteiger partial charge in [-0.3, -0.25) is 9.69 Å². The Bertz CT molecular complexity index is 350. The smallest absolute Gasteiger partial charge is 0.322 e. The zero-order valence-electron chi connectivity index (χ0n) is 11.4. The molecule has 0 bridgehead atoms. The van der Waals surface area contributed by atoms with Gasteiger partial charge in [-0.25, -0.2) is 4.79 Å². The Morgan fingerprint density at radius 3 is 2.56 bits per heavy atom. The van der Waals surface area contributed by atoms with E-state index >= 15 is 0 Å². The second kappa shape index (κ2) is 4.78. The Hall–Kier alpha value is -1.26. The molecule has 2 rings (SSSR count). The average molecular weight is 254 g/mol. The zero-order chi connectivity index (χ0) is 13.3. The fraction of sp³-hybridized carbons (Fsp3) is 0.846. The maximum atomic E-state index is 12.0. The normalized spacial score (nSPS) is 26.8. The summed E-state index contributed by atoms with van der Waals surface area (Å²) in [6, 6.07) is -0.0681. The van der Waals surface area contributed by atoms with Crippen LogP contribution >= 0.6 is 0 Å². The van der Waals surface area contributed by atoms with Gasteiger partial charge < -0.3 is 9.64 Å². The summed E-state index contributed by atoms with van der Waals surface area (Å²) in [5.74, 6) is -0.226. The van der Waals surface area contributed by atoms with Crippen molar-refractivity contribution in [3.05, 3.63) is 0 Å². The summed E-state index contributed by atoms with van der Waals surface area (Å²) < 4.78 is 5.55. The summed E-state index contributed by atoms with van der Waals surface area (Å²) in [5.41, 5.74) is -0.0672. The van der Waals surface area contributed by atoms with E-state index in [1.54, 1.807) is 23.8 Å². The number of ether oxygens (including phenoxy) is 1. The van der Waals surface area contributed by atoms with Crippen molar-refractivity contribution in [2.24, 2.45) is 5.41 Å². The minimum atomic E-state index is -0.392. The molecule has 0 N–H and O–H groups in total. The van der Waals surface area contributed by atoms with Gasteiger partial charge in [-0.2, -0.15) is 0 Å². The number of carbonyl (C=O) groups is 2. The SMILES string of the molecule is CCC(=O)OC1N(C)C(=O)N(C)CC12CCCC2. The molecule has 2 amide bonds. The van der Waals surface area contributed by atoms with E-state index in [0.29, 0.717) is 13.0 Å². The minimum absolute atomic E-state index is 0.0672. The average Bonchev–Trinajstić information content (AvgIpc) is 2.81. The molecule has 5 nitrogen and oxygen atoms in total. The van der Waals surface area contributed by atoms with Crippen molar-refractivity contribution in [1.29, 1.82) is 0 Å². The van der Waals surface area contributed by atoms with Crippen molar-refractivity contribution in [1.82, 2.24) is 9.80 Å². The molecule has 5 heteroatoms. The number of nitrogens with zero attached hydrogens (tertiary/aromatic N) is 2. The Balaban J connectivity index is 2.24. The molecule has 0 radical (unpaired) electrons. The molecule has 1 saturated heterocycles. The van der Waals surface area contributed by atoms with Gasteiger partial charge in [0.05, 0.1) is 0 Å². The van der Waals surface area contributed by atoms with Crippen LogP contribution in [0.1, 0.15) is 39.0 Å². The predicted molar refractivity (Wildman–Crippen MR) is 66.9 cm³/mol. The molecule has 1 atom stereocenters. The standard InChI is InChI=1S/C13H22N2O3/c1-4-10(16)18-11-13(7-5-6-8-13)9-14(2)12(17)15(11)3/h11H,4-9H2,1-3H3. The summed E-state index contributed by atoms with van der Waals surface area (Å²) in [4.78, 5) is 26.9. The first-order chi connectivity index (χ1) is 8.50. The molecule has 1 spiro atoms. The molecule has 2 fully saturated rings. The third kappa shape index (κ3) is 2.06. The maximum Gasteiger partial charge on any atom is 0.322 e. The predicted octanol–water partition coefficient (Wildman–Crippen LogP) is 1.82. The highest BCUT2D eigenvalue weighted by Crippen LogP contribution is 2.46. The van der Waals surface area contributed by atoms with Gasteiger partial charge in [0.25, 0.3) is 0 Å². The van der Waals surface area contributed by atoms with Crippen LogP contribution in [0.15, 0.2) is 0 Å². The summed E-state index contributed by atoms with van der Waals surface area (Å²) >= 11 is 0. The van der Waals surface area contributed by atoms with Crippen molar-refractivity contribution in [3.8, 4) is 0 Å². The molecule has 1 heterocycles. The number of hydrogen-bond donors (Lipinski definition) is 0. The Labute approximate surface area is 108 Å². The van der Waals surface area contributed by atoms with E-state index in [1.807, 2.05) is 7.05 Å². The second-order valence-electron chi connectivity index (χ2n) is 5.51. The monoisotopic (exact) mass is 254 g/mol. The van der Waals surface area contributed by atoms with Gasteiger partial charge in [0.15, 0.2) is 6.23 Å². The molecule has 18 heavy (non-hydrogen) atoms. The van der Waals surface area contributed by atoms with Crippen molar-refractivity contribution in [2.45, 2.75) is 45.3 Å². The van der Waals surface area contributed by atoms with E-state index in [4.69, 9.17) is 4.74 Å². The van der Waals surface area contributed by atoms with Crippen molar-refractivity contribution in [3.63, 3.8) is 0 Å². The van der Waals surface area contributed by atoms with Gasteiger partial charge in [0.1, 0.15) is 0 Å². The lowest BCUT2D eigenvalue weighted by molar-refractivity contribution is -0.175. The first-order valence-corrected chi connectivity index (χ1v) is 6.67. The summed E-state index contributed by atoms with van der Waals surface area (Å²) in [6.45, 7) is 2.47. The molecular formula is C13H22N2O3. The minimum Gasteiger partial charge on any atom is -0.441 e. The summed E-state index contributed by atoms with van der Waals surface area (Å²) in [5, 5.41) is 0. The lowest BCUT2D eigenvalue weighted by atomic mass is 9.81. The fourth-order valence-electron chi connectivity index (χ4n) is 3.29. The maximum absolute atomic E-state index is 12.0. The number of carbonyl (C=O) groups excluding carboxylic acids is 2. The van der Waals surface area contributed by atoms with E-state index in [9.17, 15) is 9.59 Å². The van der Waals surface area contributed by atoms with Gasteiger partial charge in [0, 0.05) is 32.5 Å². The molecular weight excluding hydrogens is 232 g/mol. The van der Waals surface area contributed by atoms with Crippen LogP contribution in [0.3, 0.4) is 0 Å². The van der Waals surface area contributed by atoms with Crippen LogP contribution in [0.4, 0.5) is 4.79 Å². The van der Waals surface area contributed by atoms with Crippen molar-refractivity contribution < 1.29 is 14.3 Å². The van der Waals surface area contributed by atoms with E-state index in [-0.39, 0.29) is 17.4 Å². The topological polar surface area (TPSA) is 49.9 Å². The zero-order valence-corrected chi connectivity index (χ0v) is 11.4. The fourth-order valence-corrected chi connectivity index (χ4v) is 3.29. The van der Waals surface area contributed by atoms with Crippen molar-refractivity contribution in [2.75, 3.05) is 20.6 Å². The Kier molecular flexibility index (Phi) is 3.50. The van der Waals surface area contributed by atoms with Crippen LogP contribution in [0.25, 0.3) is 0 Å². The third-order valence-electron chi connectivity index (χ3n) is 4.19. The number of rotatable bonds is 2.